The Labute approximate surface area is 211 Å². The van der Waals surface area contributed by atoms with E-state index in [4.69, 9.17) is 21.1 Å². The lowest BCUT2D eigenvalue weighted by molar-refractivity contribution is 0.0940. The fourth-order valence-electron chi connectivity index (χ4n) is 3.36. The summed E-state index contributed by atoms with van der Waals surface area (Å²) < 4.78 is 39.0. The third-order valence-corrected chi connectivity index (χ3v) is 6.92. The molecule has 2 N–H and O–H groups in total. The average Bonchev–Trinajstić information content (AvgIpc) is 2.82. The molecule has 0 heterocycles. The molecule has 0 saturated carbocycles. The van der Waals surface area contributed by atoms with E-state index in [9.17, 15) is 13.2 Å². The smallest absolute Gasteiger partial charge is 0.261 e. The van der Waals surface area contributed by atoms with Crippen molar-refractivity contribution in [2.45, 2.75) is 38.6 Å². The zero-order chi connectivity index (χ0) is 25.6. The SMILES string of the molecule is CCOc1ccc([C@H](C)NC(=O)c2ccc(NS(=O)(=O)c3ccc(C)cc3)c(Cl)c2)cc1OCC. The van der Waals surface area contributed by atoms with E-state index >= 15 is 0 Å². The van der Waals surface area contributed by atoms with Crippen molar-refractivity contribution in [3.05, 3.63) is 82.4 Å². The van der Waals surface area contributed by atoms with E-state index in [0.29, 0.717) is 30.3 Å². The standard InChI is InChI=1S/C26H29ClN2O5S/c1-5-33-24-14-10-19(16-25(24)34-6-2)18(4)28-26(30)20-9-13-23(22(27)15-20)29-35(31,32)21-11-7-17(3)8-12-21/h7-16,18,29H,5-6H2,1-4H3,(H,28,30)/t18-/m0/s1. The fourth-order valence-corrected chi connectivity index (χ4v) is 4.72. The minimum atomic E-state index is -3.81. The highest BCUT2D eigenvalue weighted by Crippen LogP contribution is 2.31. The maximum absolute atomic E-state index is 12.8. The van der Waals surface area contributed by atoms with Crippen molar-refractivity contribution in [1.82, 2.24) is 5.32 Å². The maximum Gasteiger partial charge on any atom is 0.261 e. The molecule has 0 unspecified atom stereocenters. The van der Waals surface area contributed by atoms with Gasteiger partial charge < -0.3 is 14.8 Å². The summed E-state index contributed by atoms with van der Waals surface area (Å²) in [7, 11) is -3.81. The first-order valence-electron chi connectivity index (χ1n) is 11.2. The molecule has 0 aliphatic carbocycles. The summed E-state index contributed by atoms with van der Waals surface area (Å²) in [5.74, 6) is 0.910. The van der Waals surface area contributed by atoms with E-state index in [1.807, 2.05) is 45.9 Å². The molecule has 3 rings (SSSR count). The predicted molar refractivity (Wildman–Crippen MR) is 138 cm³/mol. The number of benzene rings is 3. The molecule has 0 aliphatic rings. The number of halogens is 1. The van der Waals surface area contributed by atoms with Crippen molar-refractivity contribution < 1.29 is 22.7 Å². The van der Waals surface area contributed by atoms with Crippen LogP contribution in [0.1, 0.15) is 48.3 Å². The average molecular weight is 517 g/mol. The van der Waals surface area contributed by atoms with Gasteiger partial charge in [-0.05, 0) is 75.7 Å². The van der Waals surface area contributed by atoms with Gasteiger partial charge in [-0.25, -0.2) is 8.42 Å². The highest BCUT2D eigenvalue weighted by Gasteiger charge is 2.18. The van der Waals surface area contributed by atoms with Crippen LogP contribution in [0.25, 0.3) is 0 Å². The number of aryl methyl sites for hydroxylation is 1. The number of rotatable bonds is 10. The molecule has 0 aromatic heterocycles. The Morgan fingerprint density at radius 2 is 1.60 bits per heavy atom. The molecule has 3 aromatic rings. The molecule has 0 spiro atoms. The number of anilines is 1. The quantitative estimate of drug-likeness (QED) is 0.358. The summed E-state index contributed by atoms with van der Waals surface area (Å²) in [6.45, 7) is 8.53. The number of amides is 1. The van der Waals surface area contributed by atoms with Gasteiger partial charge in [-0.3, -0.25) is 9.52 Å². The molecule has 7 nitrogen and oxygen atoms in total. The van der Waals surface area contributed by atoms with Crippen molar-refractivity contribution in [3.8, 4) is 11.5 Å². The monoisotopic (exact) mass is 516 g/mol. The van der Waals surface area contributed by atoms with Crippen LogP contribution >= 0.6 is 11.6 Å². The van der Waals surface area contributed by atoms with Crippen LogP contribution in [-0.4, -0.2) is 27.5 Å². The van der Waals surface area contributed by atoms with Crippen LogP contribution in [0.2, 0.25) is 5.02 Å². The van der Waals surface area contributed by atoms with E-state index in [0.717, 1.165) is 11.1 Å². The molecule has 1 amide bonds. The highest BCUT2D eigenvalue weighted by atomic mass is 35.5. The lowest BCUT2D eigenvalue weighted by atomic mass is 10.1. The first kappa shape index (κ1) is 26.4. The number of hydrogen-bond acceptors (Lipinski definition) is 5. The summed E-state index contributed by atoms with van der Waals surface area (Å²) in [4.78, 5) is 13.0. The van der Waals surface area contributed by atoms with Crippen molar-refractivity contribution in [3.63, 3.8) is 0 Å². The summed E-state index contributed by atoms with van der Waals surface area (Å²) in [5, 5.41) is 3.04. The zero-order valence-electron chi connectivity index (χ0n) is 20.1. The van der Waals surface area contributed by atoms with Gasteiger partial charge in [-0.15, -0.1) is 0 Å². The van der Waals surface area contributed by atoms with E-state index < -0.39 is 10.0 Å². The van der Waals surface area contributed by atoms with Crippen LogP contribution in [0.15, 0.2) is 65.6 Å². The van der Waals surface area contributed by atoms with Crippen LogP contribution in [0.3, 0.4) is 0 Å². The second-order valence-corrected chi connectivity index (χ2v) is 9.97. The molecule has 0 bridgehead atoms. The van der Waals surface area contributed by atoms with Crippen LogP contribution in [-0.2, 0) is 10.0 Å². The number of nitrogens with one attached hydrogen (secondary N) is 2. The molecule has 0 radical (unpaired) electrons. The molecule has 3 aromatic carbocycles. The number of hydrogen-bond donors (Lipinski definition) is 2. The minimum Gasteiger partial charge on any atom is -0.490 e. The van der Waals surface area contributed by atoms with Crippen LogP contribution in [0, 0.1) is 6.92 Å². The Hall–Kier alpha value is -3.23. The maximum atomic E-state index is 12.8. The lowest BCUT2D eigenvalue weighted by Gasteiger charge is -2.18. The van der Waals surface area contributed by atoms with Crippen molar-refractivity contribution in [1.29, 1.82) is 0 Å². The summed E-state index contributed by atoms with van der Waals surface area (Å²) in [6, 6.07) is 16.1. The Kier molecular flexibility index (Phi) is 8.64. The van der Waals surface area contributed by atoms with Gasteiger partial charge in [0, 0.05) is 5.56 Å². The molecule has 186 valence electrons. The first-order chi connectivity index (χ1) is 16.6. The van der Waals surface area contributed by atoms with Crippen molar-refractivity contribution in [2.75, 3.05) is 17.9 Å². The Morgan fingerprint density at radius 3 is 2.23 bits per heavy atom. The number of carbonyl (C=O) groups excluding carboxylic acids is 1. The van der Waals surface area contributed by atoms with Gasteiger partial charge in [0.15, 0.2) is 11.5 Å². The van der Waals surface area contributed by atoms with Gasteiger partial charge in [-0.2, -0.15) is 0 Å². The second-order valence-electron chi connectivity index (χ2n) is 7.88. The van der Waals surface area contributed by atoms with Crippen LogP contribution < -0.4 is 19.5 Å². The first-order valence-corrected chi connectivity index (χ1v) is 13.1. The summed E-state index contributed by atoms with van der Waals surface area (Å²) in [6.07, 6.45) is 0. The molecule has 0 fully saturated rings. The Bertz CT molecular complexity index is 1290. The van der Waals surface area contributed by atoms with Gasteiger partial charge in [0.1, 0.15) is 0 Å². The molecule has 0 aliphatic heterocycles. The molecular weight excluding hydrogens is 488 g/mol. The predicted octanol–water partition coefficient (Wildman–Crippen LogP) is 5.74. The molecule has 9 heteroatoms. The largest absolute Gasteiger partial charge is 0.490 e. The van der Waals surface area contributed by atoms with E-state index in [-0.39, 0.29) is 27.6 Å². The van der Waals surface area contributed by atoms with Crippen LogP contribution in [0.5, 0.6) is 11.5 Å². The van der Waals surface area contributed by atoms with Gasteiger partial charge in [0.05, 0.1) is 34.9 Å². The third kappa shape index (κ3) is 6.68. The number of sulfonamides is 1. The van der Waals surface area contributed by atoms with Crippen molar-refractivity contribution in [2.24, 2.45) is 0 Å². The zero-order valence-corrected chi connectivity index (χ0v) is 21.7. The summed E-state index contributed by atoms with van der Waals surface area (Å²) >= 11 is 6.31. The number of carbonyl (C=O) groups is 1. The minimum absolute atomic E-state index is 0.112. The third-order valence-electron chi connectivity index (χ3n) is 5.22. The van der Waals surface area contributed by atoms with E-state index in [2.05, 4.69) is 10.0 Å². The van der Waals surface area contributed by atoms with E-state index in [1.165, 1.54) is 30.3 Å². The Morgan fingerprint density at radius 1 is 0.943 bits per heavy atom. The lowest BCUT2D eigenvalue weighted by Crippen LogP contribution is -2.26. The van der Waals surface area contributed by atoms with Crippen LogP contribution in [0.4, 0.5) is 5.69 Å². The molecule has 35 heavy (non-hydrogen) atoms. The number of ether oxygens (including phenoxy) is 2. The van der Waals surface area contributed by atoms with Gasteiger partial charge in [0.25, 0.3) is 15.9 Å². The van der Waals surface area contributed by atoms with Crippen molar-refractivity contribution >= 4 is 33.2 Å². The second kappa shape index (κ2) is 11.5. The molecule has 1 atom stereocenters. The summed E-state index contributed by atoms with van der Waals surface area (Å²) in [5.41, 5.74) is 2.28. The van der Waals surface area contributed by atoms with Gasteiger partial charge >= 0.3 is 0 Å². The highest BCUT2D eigenvalue weighted by molar-refractivity contribution is 7.92. The van der Waals surface area contributed by atoms with Gasteiger partial charge in [0.2, 0.25) is 0 Å². The van der Waals surface area contributed by atoms with E-state index in [1.54, 1.807) is 12.1 Å². The normalized spacial score (nSPS) is 12.0. The molecular formula is C26H29ClN2O5S. The Balaban J connectivity index is 1.73. The topological polar surface area (TPSA) is 93.7 Å². The molecule has 0 saturated heterocycles. The van der Waals surface area contributed by atoms with Gasteiger partial charge in [-0.1, -0.05) is 35.4 Å². The fraction of sp³-hybridized carbons (Fsp3) is 0.269.